The molecule has 3 rings (SSSR count). The Morgan fingerprint density at radius 3 is 2.60 bits per heavy atom. The largest absolute Gasteiger partial charge is 0.369 e. The minimum atomic E-state index is -0.312. The van der Waals surface area contributed by atoms with E-state index in [-0.39, 0.29) is 11.3 Å². The first kappa shape index (κ1) is 17.7. The summed E-state index contributed by atoms with van der Waals surface area (Å²) in [6.45, 7) is 11.6. The van der Waals surface area contributed by atoms with Crippen LogP contribution in [0.1, 0.15) is 39.8 Å². The molecule has 1 aliphatic heterocycles. The number of hydrogen-bond acceptors (Lipinski definition) is 3. The number of carbonyl (C=O) groups excluding carboxylic acids is 1. The Hall–Kier alpha value is -2.10. The Kier molecular flexibility index (Phi) is 4.98. The van der Waals surface area contributed by atoms with E-state index in [1.54, 1.807) is 0 Å². The first-order valence-electron chi connectivity index (χ1n) is 9.33. The van der Waals surface area contributed by atoms with Crippen molar-refractivity contribution in [3.05, 3.63) is 36.0 Å². The molecular formula is C21H29N3O. The van der Waals surface area contributed by atoms with Gasteiger partial charge in [0.15, 0.2) is 0 Å². The molecule has 1 aromatic heterocycles. The predicted molar refractivity (Wildman–Crippen MR) is 104 cm³/mol. The van der Waals surface area contributed by atoms with Crippen LogP contribution in [0.5, 0.6) is 0 Å². The normalized spacial score (nSPS) is 16.2. The average Bonchev–Trinajstić information content (AvgIpc) is 2.85. The molecule has 0 spiro atoms. The smallest absolute Gasteiger partial charge is 0.228 e. The van der Waals surface area contributed by atoms with Gasteiger partial charge in [0.1, 0.15) is 0 Å². The van der Waals surface area contributed by atoms with E-state index in [9.17, 15) is 4.79 Å². The topological polar surface area (TPSA) is 36.4 Å². The van der Waals surface area contributed by atoms with Crippen LogP contribution in [0.25, 0.3) is 10.9 Å². The lowest BCUT2D eigenvalue weighted by atomic mass is 9.94. The van der Waals surface area contributed by atoms with Crippen LogP contribution in [0, 0.1) is 5.41 Å². The van der Waals surface area contributed by atoms with Crippen molar-refractivity contribution in [2.24, 2.45) is 5.41 Å². The van der Waals surface area contributed by atoms with Gasteiger partial charge in [-0.25, -0.2) is 0 Å². The van der Waals surface area contributed by atoms with Crippen molar-refractivity contribution >= 4 is 22.5 Å². The van der Waals surface area contributed by atoms with Gasteiger partial charge in [0.05, 0.1) is 5.52 Å². The quantitative estimate of drug-likeness (QED) is 0.833. The first-order chi connectivity index (χ1) is 11.9. The number of benzene rings is 1. The van der Waals surface area contributed by atoms with Gasteiger partial charge in [-0.1, -0.05) is 45.9 Å². The highest BCUT2D eigenvalue weighted by molar-refractivity contribution is 5.92. The molecule has 0 bridgehead atoms. The van der Waals surface area contributed by atoms with Gasteiger partial charge in [0.2, 0.25) is 5.91 Å². The van der Waals surface area contributed by atoms with Crippen LogP contribution >= 0.6 is 0 Å². The summed E-state index contributed by atoms with van der Waals surface area (Å²) in [6.07, 6.45) is 1.93. The molecule has 0 N–H and O–H groups in total. The lowest BCUT2D eigenvalue weighted by Gasteiger charge is -2.29. The van der Waals surface area contributed by atoms with Gasteiger partial charge in [-0.15, -0.1) is 0 Å². The minimum absolute atomic E-state index is 0.253. The molecule has 1 aromatic carbocycles. The maximum atomic E-state index is 12.6. The molecule has 0 aliphatic carbocycles. The number of anilines is 1. The lowest BCUT2D eigenvalue weighted by Crippen LogP contribution is -2.41. The highest BCUT2D eigenvalue weighted by Crippen LogP contribution is 2.28. The van der Waals surface area contributed by atoms with Crippen LogP contribution in [0.2, 0.25) is 0 Å². The average molecular weight is 339 g/mol. The van der Waals surface area contributed by atoms with Crippen molar-refractivity contribution < 1.29 is 4.79 Å². The third-order valence-corrected chi connectivity index (χ3v) is 4.88. The first-order valence-corrected chi connectivity index (χ1v) is 9.33. The van der Waals surface area contributed by atoms with Crippen molar-refractivity contribution in [3.8, 4) is 0 Å². The molecule has 25 heavy (non-hydrogen) atoms. The minimum Gasteiger partial charge on any atom is -0.369 e. The van der Waals surface area contributed by atoms with Gasteiger partial charge in [0, 0.05) is 48.4 Å². The molecule has 0 saturated carbocycles. The molecule has 4 nitrogen and oxygen atoms in total. The van der Waals surface area contributed by atoms with E-state index >= 15 is 0 Å². The Bertz CT molecular complexity index is 763. The van der Waals surface area contributed by atoms with E-state index in [1.165, 1.54) is 11.1 Å². The summed E-state index contributed by atoms with van der Waals surface area (Å²) in [5.74, 6) is 0.253. The molecular weight excluding hydrogens is 310 g/mol. The van der Waals surface area contributed by atoms with E-state index in [0.29, 0.717) is 0 Å². The number of amides is 1. The molecule has 2 heterocycles. The van der Waals surface area contributed by atoms with Gasteiger partial charge in [-0.3, -0.25) is 9.78 Å². The fourth-order valence-corrected chi connectivity index (χ4v) is 3.49. The molecule has 2 aromatic rings. The summed E-state index contributed by atoms with van der Waals surface area (Å²) in [6, 6.07) is 10.6. The second-order valence-corrected chi connectivity index (χ2v) is 7.89. The Morgan fingerprint density at radius 1 is 1.12 bits per heavy atom. The number of para-hydroxylation sites is 1. The summed E-state index contributed by atoms with van der Waals surface area (Å²) in [7, 11) is 0. The molecule has 4 heteroatoms. The number of fused-ring (bicyclic) bond motifs is 1. The highest BCUT2D eigenvalue weighted by Gasteiger charge is 2.28. The van der Waals surface area contributed by atoms with Crippen LogP contribution in [-0.2, 0) is 11.2 Å². The van der Waals surface area contributed by atoms with Crippen molar-refractivity contribution in [1.29, 1.82) is 0 Å². The third kappa shape index (κ3) is 3.78. The summed E-state index contributed by atoms with van der Waals surface area (Å²) in [4.78, 5) is 21.8. The molecule has 1 amide bonds. The molecule has 1 aliphatic rings. The summed E-state index contributed by atoms with van der Waals surface area (Å²) >= 11 is 0. The van der Waals surface area contributed by atoms with Gasteiger partial charge in [-0.05, 0) is 25.0 Å². The van der Waals surface area contributed by atoms with Crippen LogP contribution < -0.4 is 4.90 Å². The van der Waals surface area contributed by atoms with Crippen molar-refractivity contribution in [3.63, 3.8) is 0 Å². The lowest BCUT2D eigenvalue weighted by molar-refractivity contribution is -0.139. The summed E-state index contributed by atoms with van der Waals surface area (Å²) in [5.41, 5.74) is 3.13. The fraction of sp³-hybridized carbons (Fsp3) is 0.524. The standard InChI is InChI=1S/C21H29N3O/c1-5-16-15-19(17-9-6-7-10-18(17)22-16)23-11-8-12-24(14-13-23)20(25)21(2,3)4/h6-7,9-10,15H,5,8,11-14H2,1-4H3. The Morgan fingerprint density at radius 2 is 1.88 bits per heavy atom. The fourth-order valence-electron chi connectivity index (χ4n) is 3.49. The van der Waals surface area contributed by atoms with Crippen molar-refractivity contribution in [2.45, 2.75) is 40.5 Å². The molecule has 1 fully saturated rings. The zero-order valence-corrected chi connectivity index (χ0v) is 15.9. The number of aryl methyl sites for hydroxylation is 1. The van der Waals surface area contributed by atoms with Crippen molar-refractivity contribution in [1.82, 2.24) is 9.88 Å². The third-order valence-electron chi connectivity index (χ3n) is 4.88. The van der Waals surface area contributed by atoms with Gasteiger partial charge < -0.3 is 9.80 Å². The van der Waals surface area contributed by atoms with E-state index in [4.69, 9.17) is 4.98 Å². The number of nitrogens with zero attached hydrogens (tertiary/aromatic N) is 3. The van der Waals surface area contributed by atoms with Gasteiger partial charge in [-0.2, -0.15) is 0 Å². The van der Waals surface area contributed by atoms with Crippen LogP contribution in [-0.4, -0.2) is 42.0 Å². The number of rotatable bonds is 2. The number of carbonyl (C=O) groups is 1. The second-order valence-electron chi connectivity index (χ2n) is 7.89. The maximum Gasteiger partial charge on any atom is 0.228 e. The van der Waals surface area contributed by atoms with E-state index in [2.05, 4.69) is 36.1 Å². The zero-order chi connectivity index (χ0) is 18.0. The SMILES string of the molecule is CCc1cc(N2CCCN(C(=O)C(C)(C)C)CC2)c2ccccc2n1. The molecule has 0 radical (unpaired) electrons. The Labute approximate surface area is 150 Å². The number of hydrogen-bond donors (Lipinski definition) is 0. The van der Waals surface area contributed by atoms with Crippen LogP contribution in [0.3, 0.4) is 0 Å². The van der Waals surface area contributed by atoms with Gasteiger partial charge in [0.25, 0.3) is 0 Å². The Balaban J connectivity index is 1.88. The number of pyridine rings is 1. The maximum absolute atomic E-state index is 12.6. The highest BCUT2D eigenvalue weighted by atomic mass is 16.2. The van der Waals surface area contributed by atoms with Crippen LogP contribution in [0.4, 0.5) is 5.69 Å². The molecule has 0 atom stereocenters. The van der Waals surface area contributed by atoms with Gasteiger partial charge >= 0.3 is 0 Å². The predicted octanol–water partition coefficient (Wildman–Crippen LogP) is 3.88. The monoisotopic (exact) mass is 339 g/mol. The molecule has 1 saturated heterocycles. The molecule has 134 valence electrons. The van der Waals surface area contributed by atoms with Crippen molar-refractivity contribution in [2.75, 3.05) is 31.1 Å². The molecule has 0 unspecified atom stereocenters. The summed E-state index contributed by atoms with van der Waals surface area (Å²) in [5, 5.41) is 1.20. The van der Waals surface area contributed by atoms with E-state index in [0.717, 1.165) is 50.2 Å². The second kappa shape index (κ2) is 7.03. The van der Waals surface area contributed by atoms with Crippen LogP contribution in [0.15, 0.2) is 30.3 Å². The van der Waals surface area contributed by atoms with E-state index in [1.807, 2.05) is 31.7 Å². The zero-order valence-electron chi connectivity index (χ0n) is 15.9. The number of aromatic nitrogens is 1. The summed E-state index contributed by atoms with van der Waals surface area (Å²) < 4.78 is 0. The van der Waals surface area contributed by atoms with E-state index < -0.39 is 0 Å².